The molecule has 100 valence electrons. The molecule has 0 N–H and O–H groups in total. The van der Waals surface area contributed by atoms with Gasteiger partial charge in [-0.15, -0.1) is 0 Å². The van der Waals surface area contributed by atoms with E-state index in [0.717, 1.165) is 0 Å². The summed E-state index contributed by atoms with van der Waals surface area (Å²) in [6.45, 7) is 3.41. The summed E-state index contributed by atoms with van der Waals surface area (Å²) >= 11 is 0. The monoisotopic (exact) mass is 266 g/mol. The molecule has 0 aromatic rings. The smallest absolute Gasteiger partial charge is 0.336 e. The highest BCUT2D eigenvalue weighted by molar-refractivity contribution is 7.58. The van der Waals surface area contributed by atoms with E-state index < -0.39 is 25.4 Å². The van der Waals surface area contributed by atoms with Crippen molar-refractivity contribution in [2.45, 2.75) is 26.4 Å². The molecule has 1 atom stereocenters. The lowest BCUT2D eigenvalue weighted by Gasteiger charge is -2.20. The number of carbonyl (C=O) groups excluding carboxylic acids is 2. The fourth-order valence-electron chi connectivity index (χ4n) is 1.13. The van der Waals surface area contributed by atoms with Gasteiger partial charge in [0.25, 0.3) is 0 Å². The molecule has 0 rings (SSSR count). The summed E-state index contributed by atoms with van der Waals surface area (Å²) in [6.07, 6.45) is -0.859. The summed E-state index contributed by atoms with van der Waals surface area (Å²) in [5.74, 6) is -1.34. The van der Waals surface area contributed by atoms with Crippen molar-refractivity contribution in [1.29, 1.82) is 0 Å². The van der Waals surface area contributed by atoms with E-state index in [9.17, 15) is 14.2 Å². The Morgan fingerprint density at radius 1 is 1.12 bits per heavy atom. The van der Waals surface area contributed by atoms with Crippen LogP contribution in [0.3, 0.4) is 0 Å². The van der Waals surface area contributed by atoms with Gasteiger partial charge in [-0.1, -0.05) is 13.8 Å². The molecule has 0 amide bonds. The molecule has 0 saturated carbocycles. The maximum atomic E-state index is 12.1. The van der Waals surface area contributed by atoms with Crippen LogP contribution in [0.1, 0.15) is 20.3 Å². The lowest BCUT2D eigenvalue weighted by Crippen LogP contribution is -2.28. The topological polar surface area (TPSA) is 78.9 Å². The van der Waals surface area contributed by atoms with Crippen molar-refractivity contribution in [2.24, 2.45) is 0 Å². The van der Waals surface area contributed by atoms with E-state index in [4.69, 9.17) is 4.52 Å². The van der Waals surface area contributed by atoms with Crippen molar-refractivity contribution in [3.63, 3.8) is 0 Å². The van der Waals surface area contributed by atoms with E-state index in [1.165, 1.54) is 14.2 Å². The summed E-state index contributed by atoms with van der Waals surface area (Å²) < 4.78 is 26.3. The number of esters is 2. The molecule has 0 fully saturated rings. The van der Waals surface area contributed by atoms with Crippen molar-refractivity contribution in [1.82, 2.24) is 0 Å². The van der Waals surface area contributed by atoms with Gasteiger partial charge in [0.05, 0.1) is 20.6 Å². The number of ether oxygens (including phenoxy) is 2. The standard InChI is InChI=1S/C10H19O6P/c1-5-17(13,6-2)16-8(10(12)15-4)7-9(11)14-3/h8H,5-7H2,1-4H3. The summed E-state index contributed by atoms with van der Waals surface area (Å²) in [7, 11) is -0.496. The highest BCUT2D eigenvalue weighted by Crippen LogP contribution is 2.47. The van der Waals surface area contributed by atoms with Gasteiger partial charge >= 0.3 is 11.9 Å². The van der Waals surface area contributed by atoms with Crippen molar-refractivity contribution in [3.05, 3.63) is 0 Å². The van der Waals surface area contributed by atoms with Crippen molar-refractivity contribution < 1.29 is 28.2 Å². The second-order valence-electron chi connectivity index (χ2n) is 3.34. The molecular formula is C10H19O6P. The minimum Gasteiger partial charge on any atom is -0.469 e. The number of methoxy groups -OCH3 is 2. The molecule has 17 heavy (non-hydrogen) atoms. The van der Waals surface area contributed by atoms with Gasteiger partial charge in [-0.25, -0.2) is 4.79 Å². The molecule has 0 aliphatic carbocycles. The fraction of sp³-hybridized carbons (Fsp3) is 0.800. The van der Waals surface area contributed by atoms with Gasteiger partial charge in [0, 0.05) is 12.3 Å². The van der Waals surface area contributed by atoms with E-state index in [0.29, 0.717) is 12.3 Å². The molecule has 0 heterocycles. The molecule has 0 saturated heterocycles. The molecule has 0 bridgehead atoms. The molecule has 0 aliphatic rings. The number of rotatable bonds is 7. The van der Waals surface area contributed by atoms with E-state index >= 15 is 0 Å². The predicted molar refractivity (Wildman–Crippen MR) is 62.2 cm³/mol. The number of carbonyl (C=O) groups is 2. The van der Waals surface area contributed by atoms with Crippen LogP contribution in [0, 0.1) is 0 Å². The number of hydrogen-bond acceptors (Lipinski definition) is 6. The Labute approximate surface area is 101 Å². The van der Waals surface area contributed by atoms with Crippen molar-refractivity contribution >= 4 is 19.3 Å². The van der Waals surface area contributed by atoms with Gasteiger partial charge in [-0.05, 0) is 0 Å². The van der Waals surface area contributed by atoms with Crippen LogP contribution in [0.25, 0.3) is 0 Å². The molecule has 1 unspecified atom stereocenters. The van der Waals surface area contributed by atoms with Gasteiger partial charge in [0.15, 0.2) is 6.10 Å². The van der Waals surface area contributed by atoms with Crippen LogP contribution in [0.2, 0.25) is 0 Å². The van der Waals surface area contributed by atoms with Gasteiger partial charge in [-0.2, -0.15) is 0 Å². The van der Waals surface area contributed by atoms with E-state index in [2.05, 4.69) is 9.47 Å². The molecule has 0 aliphatic heterocycles. The first-order valence-electron chi connectivity index (χ1n) is 5.33. The van der Waals surface area contributed by atoms with Gasteiger partial charge in [-0.3, -0.25) is 9.36 Å². The minimum atomic E-state index is -2.88. The first kappa shape index (κ1) is 16.1. The Hall–Kier alpha value is -0.870. The maximum absolute atomic E-state index is 12.1. The van der Waals surface area contributed by atoms with Gasteiger partial charge in [0.1, 0.15) is 0 Å². The van der Waals surface area contributed by atoms with Crippen LogP contribution in [0.5, 0.6) is 0 Å². The molecule has 0 aromatic heterocycles. The van der Waals surface area contributed by atoms with E-state index in [1.807, 2.05) is 0 Å². The van der Waals surface area contributed by atoms with Crippen LogP contribution >= 0.6 is 7.37 Å². The second kappa shape index (κ2) is 7.45. The summed E-state index contributed by atoms with van der Waals surface area (Å²) in [5.41, 5.74) is 0. The van der Waals surface area contributed by atoms with Crippen molar-refractivity contribution in [2.75, 3.05) is 26.5 Å². The molecule has 0 radical (unpaired) electrons. The van der Waals surface area contributed by atoms with Crippen LogP contribution in [-0.2, 0) is 28.2 Å². The zero-order valence-corrected chi connectivity index (χ0v) is 11.5. The molecule has 7 heteroatoms. The second-order valence-corrected chi connectivity index (χ2v) is 6.45. The average Bonchev–Trinajstić information content (AvgIpc) is 2.36. The Kier molecular flexibility index (Phi) is 7.07. The Morgan fingerprint density at radius 3 is 2.00 bits per heavy atom. The van der Waals surface area contributed by atoms with Crippen LogP contribution in [0.4, 0.5) is 0 Å². The number of hydrogen-bond donors (Lipinski definition) is 0. The van der Waals surface area contributed by atoms with E-state index in [-0.39, 0.29) is 6.42 Å². The minimum absolute atomic E-state index is 0.298. The Balaban J connectivity index is 4.76. The lowest BCUT2D eigenvalue weighted by atomic mass is 10.2. The third kappa shape index (κ3) is 5.33. The Bertz CT molecular complexity index is 306. The normalized spacial score (nSPS) is 12.9. The Morgan fingerprint density at radius 2 is 1.65 bits per heavy atom. The quantitative estimate of drug-likeness (QED) is 0.512. The lowest BCUT2D eigenvalue weighted by molar-refractivity contribution is -0.155. The summed E-state index contributed by atoms with van der Waals surface area (Å²) in [5, 5.41) is 0. The average molecular weight is 266 g/mol. The SMILES string of the molecule is CCP(=O)(CC)OC(CC(=O)OC)C(=O)OC. The largest absolute Gasteiger partial charge is 0.469 e. The molecular weight excluding hydrogens is 247 g/mol. The first-order valence-corrected chi connectivity index (χ1v) is 7.33. The van der Waals surface area contributed by atoms with E-state index in [1.54, 1.807) is 13.8 Å². The third-order valence-electron chi connectivity index (χ3n) is 2.33. The van der Waals surface area contributed by atoms with Crippen LogP contribution in [-0.4, -0.2) is 44.6 Å². The zero-order chi connectivity index (χ0) is 13.5. The highest BCUT2D eigenvalue weighted by atomic mass is 31.2. The van der Waals surface area contributed by atoms with Gasteiger partial charge in [0.2, 0.25) is 7.37 Å². The molecule has 0 aromatic carbocycles. The third-order valence-corrected chi connectivity index (χ3v) is 4.89. The predicted octanol–water partition coefficient (Wildman–Crippen LogP) is 1.43. The molecule has 6 nitrogen and oxygen atoms in total. The highest BCUT2D eigenvalue weighted by Gasteiger charge is 2.31. The maximum Gasteiger partial charge on any atom is 0.336 e. The fourth-order valence-corrected chi connectivity index (χ4v) is 2.50. The van der Waals surface area contributed by atoms with Crippen LogP contribution < -0.4 is 0 Å². The van der Waals surface area contributed by atoms with Crippen molar-refractivity contribution in [3.8, 4) is 0 Å². The van der Waals surface area contributed by atoms with Crippen LogP contribution in [0.15, 0.2) is 0 Å². The summed E-state index contributed by atoms with van der Waals surface area (Å²) in [6, 6.07) is 0. The van der Waals surface area contributed by atoms with Gasteiger partial charge < -0.3 is 14.0 Å². The zero-order valence-electron chi connectivity index (χ0n) is 10.6. The summed E-state index contributed by atoms with van der Waals surface area (Å²) in [4.78, 5) is 22.5. The molecule has 0 spiro atoms. The first-order chi connectivity index (χ1) is 7.92.